The van der Waals surface area contributed by atoms with E-state index < -0.39 is 0 Å². The van der Waals surface area contributed by atoms with E-state index in [1.807, 2.05) is 12.1 Å². The van der Waals surface area contributed by atoms with Gasteiger partial charge in [0.1, 0.15) is 5.75 Å². The Morgan fingerprint density at radius 2 is 2.30 bits per heavy atom. The second kappa shape index (κ2) is 2.20. The smallest absolute Gasteiger partial charge is 0.135 e. The van der Waals surface area contributed by atoms with Gasteiger partial charge in [-0.15, -0.1) is 12.6 Å². The first-order chi connectivity index (χ1) is 4.88. The van der Waals surface area contributed by atoms with Crippen molar-refractivity contribution >= 4 is 12.6 Å². The van der Waals surface area contributed by atoms with Gasteiger partial charge in [-0.25, -0.2) is 0 Å². The number of para-hydroxylation sites is 1. The zero-order valence-electron chi connectivity index (χ0n) is 5.50. The maximum absolute atomic E-state index is 5.35. The third-order valence-electron chi connectivity index (χ3n) is 1.69. The maximum atomic E-state index is 5.35. The van der Waals surface area contributed by atoms with Crippen molar-refractivity contribution in [1.82, 2.24) is 0 Å². The Morgan fingerprint density at radius 1 is 1.40 bits per heavy atom. The number of thiol groups is 1. The minimum Gasteiger partial charge on any atom is -0.492 e. The van der Waals surface area contributed by atoms with Crippen LogP contribution >= 0.6 is 12.6 Å². The van der Waals surface area contributed by atoms with Crippen molar-refractivity contribution in [2.45, 2.75) is 11.3 Å². The summed E-state index contributed by atoms with van der Waals surface area (Å²) in [5, 5.41) is 0. The number of ether oxygens (including phenoxy) is 1. The van der Waals surface area contributed by atoms with Gasteiger partial charge in [0.25, 0.3) is 0 Å². The highest BCUT2D eigenvalue weighted by Gasteiger charge is 2.12. The summed E-state index contributed by atoms with van der Waals surface area (Å²) in [6.45, 7) is 0.812. The van der Waals surface area contributed by atoms with Crippen LogP contribution in [0.1, 0.15) is 5.56 Å². The Kier molecular flexibility index (Phi) is 1.34. The molecule has 1 aliphatic rings. The summed E-state index contributed by atoms with van der Waals surface area (Å²) in [5.41, 5.74) is 1.28. The van der Waals surface area contributed by atoms with Gasteiger partial charge >= 0.3 is 0 Å². The molecule has 0 amide bonds. The fourth-order valence-electron chi connectivity index (χ4n) is 1.20. The molecule has 1 heterocycles. The Morgan fingerprint density at radius 3 is 3.10 bits per heavy atom. The molecule has 0 N–H and O–H groups in total. The van der Waals surface area contributed by atoms with Crippen molar-refractivity contribution in [3.8, 4) is 5.75 Å². The van der Waals surface area contributed by atoms with Gasteiger partial charge in [-0.1, -0.05) is 12.1 Å². The predicted molar refractivity (Wildman–Crippen MR) is 42.9 cm³/mol. The van der Waals surface area contributed by atoms with Gasteiger partial charge in [0, 0.05) is 11.3 Å². The molecule has 0 aromatic heterocycles. The second-order valence-electron chi connectivity index (χ2n) is 2.36. The molecule has 0 spiro atoms. The molecule has 52 valence electrons. The number of hydrogen-bond acceptors (Lipinski definition) is 2. The molecule has 0 fully saturated rings. The molecule has 1 aliphatic heterocycles. The first-order valence-corrected chi connectivity index (χ1v) is 3.76. The molecule has 1 aromatic rings. The predicted octanol–water partition coefficient (Wildman–Crippen LogP) is 1.91. The summed E-state index contributed by atoms with van der Waals surface area (Å²) in [6.07, 6.45) is 1.03. The van der Waals surface area contributed by atoms with Crippen molar-refractivity contribution in [3.63, 3.8) is 0 Å². The highest BCUT2D eigenvalue weighted by atomic mass is 32.1. The van der Waals surface area contributed by atoms with E-state index in [4.69, 9.17) is 4.74 Å². The lowest BCUT2D eigenvalue weighted by Crippen LogP contribution is -1.86. The highest BCUT2D eigenvalue weighted by molar-refractivity contribution is 7.80. The van der Waals surface area contributed by atoms with Gasteiger partial charge < -0.3 is 4.74 Å². The Bertz CT molecular complexity index is 257. The van der Waals surface area contributed by atoms with E-state index >= 15 is 0 Å². The molecule has 0 unspecified atom stereocenters. The molecule has 2 heteroatoms. The monoisotopic (exact) mass is 152 g/mol. The van der Waals surface area contributed by atoms with Crippen molar-refractivity contribution < 1.29 is 4.74 Å². The summed E-state index contributed by atoms with van der Waals surface area (Å²) in [5.74, 6) is 0.978. The first kappa shape index (κ1) is 6.10. The van der Waals surface area contributed by atoms with E-state index in [9.17, 15) is 0 Å². The molecule has 0 atom stereocenters. The summed E-state index contributed by atoms with van der Waals surface area (Å²) < 4.78 is 5.35. The van der Waals surface area contributed by atoms with Gasteiger partial charge in [0.2, 0.25) is 0 Å². The molecule has 1 aromatic carbocycles. The summed E-state index contributed by atoms with van der Waals surface area (Å²) >= 11 is 4.26. The molecule has 10 heavy (non-hydrogen) atoms. The third kappa shape index (κ3) is 0.797. The fourth-order valence-corrected chi connectivity index (χ4v) is 1.49. The maximum Gasteiger partial charge on any atom is 0.135 e. The van der Waals surface area contributed by atoms with Crippen LogP contribution in [-0.4, -0.2) is 6.61 Å². The van der Waals surface area contributed by atoms with Crippen molar-refractivity contribution in [3.05, 3.63) is 23.8 Å². The minimum atomic E-state index is 0.812. The molecule has 0 bridgehead atoms. The van der Waals surface area contributed by atoms with Crippen molar-refractivity contribution in [2.24, 2.45) is 0 Å². The van der Waals surface area contributed by atoms with Crippen LogP contribution in [0, 0.1) is 0 Å². The lowest BCUT2D eigenvalue weighted by Gasteiger charge is -1.99. The number of benzene rings is 1. The Labute approximate surface area is 65.4 Å². The van der Waals surface area contributed by atoms with Gasteiger partial charge in [-0.3, -0.25) is 0 Å². The largest absolute Gasteiger partial charge is 0.492 e. The van der Waals surface area contributed by atoms with Crippen LogP contribution in [0.25, 0.3) is 0 Å². The van der Waals surface area contributed by atoms with Crippen LogP contribution in [0.15, 0.2) is 23.1 Å². The van der Waals surface area contributed by atoms with Gasteiger partial charge in [-0.05, 0) is 11.6 Å². The van der Waals surface area contributed by atoms with Crippen LogP contribution in [0.3, 0.4) is 0 Å². The average molecular weight is 152 g/mol. The zero-order chi connectivity index (χ0) is 6.97. The third-order valence-corrected chi connectivity index (χ3v) is 2.05. The van der Waals surface area contributed by atoms with Crippen LogP contribution in [0.2, 0.25) is 0 Å². The fraction of sp³-hybridized carbons (Fsp3) is 0.250. The molecular weight excluding hydrogens is 144 g/mol. The van der Waals surface area contributed by atoms with Crippen molar-refractivity contribution in [2.75, 3.05) is 6.61 Å². The normalized spacial score (nSPS) is 14.5. The number of rotatable bonds is 0. The molecular formula is C8H8OS. The molecule has 0 saturated carbocycles. The van der Waals surface area contributed by atoms with E-state index in [1.54, 1.807) is 0 Å². The topological polar surface area (TPSA) is 9.23 Å². The molecule has 0 aliphatic carbocycles. The van der Waals surface area contributed by atoms with Crippen LogP contribution in [0.5, 0.6) is 5.75 Å². The van der Waals surface area contributed by atoms with Gasteiger partial charge in [0.05, 0.1) is 6.61 Å². The summed E-state index contributed by atoms with van der Waals surface area (Å²) in [7, 11) is 0. The SMILES string of the molecule is Sc1cccc2c1OCC2. The van der Waals surface area contributed by atoms with Crippen LogP contribution in [-0.2, 0) is 6.42 Å². The van der Waals surface area contributed by atoms with E-state index in [2.05, 4.69) is 18.7 Å². The molecule has 0 radical (unpaired) electrons. The quantitative estimate of drug-likeness (QED) is 0.559. The summed E-state index contributed by atoms with van der Waals surface area (Å²) in [6, 6.07) is 6.05. The number of fused-ring (bicyclic) bond motifs is 1. The van der Waals surface area contributed by atoms with Gasteiger partial charge in [0.15, 0.2) is 0 Å². The molecule has 2 rings (SSSR count). The van der Waals surface area contributed by atoms with Gasteiger partial charge in [-0.2, -0.15) is 0 Å². The van der Waals surface area contributed by atoms with E-state index in [0.29, 0.717) is 0 Å². The van der Waals surface area contributed by atoms with Crippen LogP contribution < -0.4 is 4.74 Å². The van der Waals surface area contributed by atoms with Crippen LogP contribution in [0.4, 0.5) is 0 Å². The van der Waals surface area contributed by atoms with Crippen molar-refractivity contribution in [1.29, 1.82) is 0 Å². The Hall–Kier alpha value is -0.630. The zero-order valence-corrected chi connectivity index (χ0v) is 6.40. The minimum absolute atomic E-state index is 0.812. The lowest BCUT2D eigenvalue weighted by molar-refractivity contribution is 0.350. The molecule has 1 nitrogen and oxygen atoms in total. The highest BCUT2D eigenvalue weighted by Crippen LogP contribution is 2.31. The second-order valence-corrected chi connectivity index (χ2v) is 2.85. The average Bonchev–Trinajstić information content (AvgIpc) is 2.36. The first-order valence-electron chi connectivity index (χ1n) is 3.31. The lowest BCUT2D eigenvalue weighted by atomic mass is 10.2. The number of hydrogen-bond donors (Lipinski definition) is 1. The summed E-state index contributed by atoms with van der Waals surface area (Å²) in [4.78, 5) is 0.954. The van der Waals surface area contributed by atoms with E-state index in [-0.39, 0.29) is 0 Å². The standard InChI is InChI=1S/C8H8OS/c10-7-3-1-2-6-4-5-9-8(6)7/h1-3,10H,4-5H2. The Balaban J connectivity index is 2.59. The van der Waals surface area contributed by atoms with E-state index in [0.717, 1.165) is 23.7 Å². The van der Waals surface area contributed by atoms with E-state index in [1.165, 1.54) is 5.56 Å². The molecule has 0 saturated heterocycles.